The first-order valence-electron chi connectivity index (χ1n) is 5.04. The number of nitrogens with zero attached hydrogens (tertiary/aromatic N) is 2. The molecule has 1 N–H and O–H groups in total. The van der Waals surface area contributed by atoms with E-state index in [1.165, 1.54) is 19.4 Å². The molecular weight excluding hydrogens is 258 g/mol. The molecule has 0 bridgehead atoms. The lowest BCUT2D eigenvalue weighted by atomic mass is 10.3. The number of ether oxygens (including phenoxy) is 1. The molecule has 0 radical (unpaired) electrons. The SMILES string of the molecule is COc1cc(C)nc(NC(=O)c2ccoc2Cl)n1. The van der Waals surface area contributed by atoms with Crippen LogP contribution in [0.15, 0.2) is 22.8 Å². The van der Waals surface area contributed by atoms with Crippen LogP contribution in [0.3, 0.4) is 0 Å². The van der Waals surface area contributed by atoms with Gasteiger partial charge in [-0.05, 0) is 24.6 Å². The molecule has 0 unspecified atom stereocenters. The predicted molar refractivity (Wildman–Crippen MR) is 65.0 cm³/mol. The van der Waals surface area contributed by atoms with Crippen molar-refractivity contribution in [1.29, 1.82) is 0 Å². The Morgan fingerprint density at radius 2 is 2.28 bits per heavy atom. The quantitative estimate of drug-likeness (QED) is 0.923. The fraction of sp³-hybridized carbons (Fsp3) is 0.182. The molecule has 2 aromatic rings. The molecule has 94 valence electrons. The van der Waals surface area contributed by atoms with Gasteiger partial charge >= 0.3 is 0 Å². The molecule has 0 aromatic carbocycles. The van der Waals surface area contributed by atoms with Crippen LogP contribution in [-0.2, 0) is 0 Å². The van der Waals surface area contributed by atoms with Crippen LogP contribution >= 0.6 is 11.6 Å². The number of aryl methyl sites for hydroxylation is 1. The van der Waals surface area contributed by atoms with Gasteiger partial charge in [-0.1, -0.05) is 0 Å². The maximum absolute atomic E-state index is 11.8. The van der Waals surface area contributed by atoms with E-state index in [9.17, 15) is 4.79 Å². The number of furan rings is 1. The van der Waals surface area contributed by atoms with E-state index in [1.54, 1.807) is 13.0 Å². The Kier molecular flexibility index (Phi) is 3.47. The van der Waals surface area contributed by atoms with Gasteiger partial charge < -0.3 is 9.15 Å². The van der Waals surface area contributed by atoms with Gasteiger partial charge in [-0.3, -0.25) is 10.1 Å². The summed E-state index contributed by atoms with van der Waals surface area (Å²) in [4.78, 5) is 19.9. The Morgan fingerprint density at radius 1 is 1.50 bits per heavy atom. The zero-order valence-electron chi connectivity index (χ0n) is 9.73. The van der Waals surface area contributed by atoms with Crippen molar-refractivity contribution < 1.29 is 13.9 Å². The van der Waals surface area contributed by atoms with Gasteiger partial charge in [0.05, 0.1) is 18.9 Å². The van der Waals surface area contributed by atoms with Crippen molar-refractivity contribution >= 4 is 23.5 Å². The zero-order chi connectivity index (χ0) is 13.1. The van der Waals surface area contributed by atoms with Gasteiger partial charge in [0.1, 0.15) is 0 Å². The van der Waals surface area contributed by atoms with Crippen LogP contribution in [0.25, 0.3) is 0 Å². The highest BCUT2D eigenvalue weighted by Crippen LogP contribution is 2.18. The molecule has 18 heavy (non-hydrogen) atoms. The third-order valence-electron chi connectivity index (χ3n) is 2.13. The number of carbonyl (C=O) groups excluding carboxylic acids is 1. The van der Waals surface area contributed by atoms with Crippen LogP contribution in [0.5, 0.6) is 5.88 Å². The first kappa shape index (κ1) is 12.4. The van der Waals surface area contributed by atoms with Crippen molar-refractivity contribution in [2.24, 2.45) is 0 Å². The van der Waals surface area contributed by atoms with Gasteiger partial charge in [-0.15, -0.1) is 0 Å². The number of halogens is 1. The molecule has 0 aliphatic rings. The molecule has 0 aliphatic heterocycles. The van der Waals surface area contributed by atoms with Gasteiger partial charge in [0.25, 0.3) is 5.91 Å². The monoisotopic (exact) mass is 267 g/mol. The molecule has 0 saturated carbocycles. The minimum atomic E-state index is -0.443. The first-order valence-corrected chi connectivity index (χ1v) is 5.42. The van der Waals surface area contributed by atoms with E-state index in [2.05, 4.69) is 15.3 Å². The number of hydrogen-bond acceptors (Lipinski definition) is 5. The van der Waals surface area contributed by atoms with Crippen LogP contribution in [-0.4, -0.2) is 23.0 Å². The minimum absolute atomic E-state index is 0.0205. The molecule has 1 amide bonds. The lowest BCUT2D eigenvalue weighted by Gasteiger charge is -2.05. The van der Waals surface area contributed by atoms with E-state index >= 15 is 0 Å². The Bertz CT molecular complexity index is 583. The predicted octanol–water partition coefficient (Wildman–Crippen LogP) is 2.29. The highest BCUT2D eigenvalue weighted by Gasteiger charge is 2.14. The number of carbonyl (C=O) groups is 1. The lowest BCUT2D eigenvalue weighted by Crippen LogP contribution is -2.14. The number of nitrogens with one attached hydrogen (secondary N) is 1. The molecule has 6 nitrogen and oxygen atoms in total. The van der Waals surface area contributed by atoms with Gasteiger partial charge in [0.2, 0.25) is 17.0 Å². The minimum Gasteiger partial charge on any atom is -0.481 e. The van der Waals surface area contributed by atoms with E-state index in [0.29, 0.717) is 11.6 Å². The third kappa shape index (κ3) is 2.60. The van der Waals surface area contributed by atoms with E-state index in [4.69, 9.17) is 20.8 Å². The summed E-state index contributed by atoms with van der Waals surface area (Å²) < 4.78 is 9.82. The average molecular weight is 268 g/mol. The molecule has 0 atom stereocenters. The van der Waals surface area contributed by atoms with Crippen molar-refractivity contribution in [3.05, 3.63) is 34.9 Å². The molecule has 0 spiro atoms. The number of rotatable bonds is 3. The Morgan fingerprint density at radius 3 is 2.89 bits per heavy atom. The van der Waals surface area contributed by atoms with Crippen molar-refractivity contribution in [3.8, 4) is 5.88 Å². The third-order valence-corrected chi connectivity index (χ3v) is 2.42. The van der Waals surface area contributed by atoms with Crippen molar-refractivity contribution in [1.82, 2.24) is 9.97 Å². The normalized spacial score (nSPS) is 10.2. The van der Waals surface area contributed by atoms with E-state index < -0.39 is 5.91 Å². The fourth-order valence-electron chi connectivity index (χ4n) is 1.32. The zero-order valence-corrected chi connectivity index (χ0v) is 10.5. The second kappa shape index (κ2) is 5.05. The summed E-state index contributed by atoms with van der Waals surface area (Å²) in [6, 6.07) is 3.12. The molecule has 2 rings (SSSR count). The van der Waals surface area contributed by atoms with E-state index in [0.717, 1.165) is 0 Å². The van der Waals surface area contributed by atoms with Crippen LogP contribution in [0.1, 0.15) is 16.1 Å². The molecule has 2 heterocycles. The van der Waals surface area contributed by atoms with Crippen molar-refractivity contribution in [2.45, 2.75) is 6.92 Å². The summed E-state index contributed by atoms with van der Waals surface area (Å²) in [6.45, 7) is 1.77. The van der Waals surface area contributed by atoms with Gasteiger partial charge in [0.15, 0.2) is 0 Å². The molecule has 0 saturated heterocycles. The molecule has 2 aromatic heterocycles. The Hall–Kier alpha value is -2.08. The number of anilines is 1. The molecule has 7 heteroatoms. The maximum Gasteiger partial charge on any atom is 0.262 e. The molecule has 0 fully saturated rings. The smallest absolute Gasteiger partial charge is 0.262 e. The van der Waals surface area contributed by atoms with Crippen LogP contribution < -0.4 is 10.1 Å². The number of methoxy groups -OCH3 is 1. The van der Waals surface area contributed by atoms with Crippen molar-refractivity contribution in [2.75, 3.05) is 12.4 Å². The largest absolute Gasteiger partial charge is 0.481 e. The number of amides is 1. The summed E-state index contributed by atoms with van der Waals surface area (Å²) >= 11 is 5.70. The van der Waals surface area contributed by atoms with Gasteiger partial charge in [0, 0.05) is 11.8 Å². The maximum atomic E-state index is 11.8. The standard InChI is InChI=1S/C11H10ClN3O3/c1-6-5-8(17-2)14-11(13-6)15-10(16)7-3-4-18-9(7)12/h3-5H,1-2H3,(H,13,14,15,16). The fourth-order valence-corrected chi connectivity index (χ4v) is 1.53. The average Bonchev–Trinajstić information content (AvgIpc) is 2.74. The van der Waals surface area contributed by atoms with Crippen LogP contribution in [0.4, 0.5) is 5.95 Å². The summed E-state index contributed by atoms with van der Waals surface area (Å²) in [5, 5.41) is 2.54. The lowest BCUT2D eigenvalue weighted by molar-refractivity contribution is 0.102. The molecular formula is C11H10ClN3O3. The highest BCUT2D eigenvalue weighted by atomic mass is 35.5. The summed E-state index contributed by atoms with van der Waals surface area (Å²) in [5.74, 6) is 0.0756. The summed E-state index contributed by atoms with van der Waals surface area (Å²) in [6.07, 6.45) is 1.33. The highest BCUT2D eigenvalue weighted by molar-refractivity contribution is 6.32. The first-order chi connectivity index (χ1) is 8.60. The second-order valence-corrected chi connectivity index (χ2v) is 3.78. The summed E-state index contributed by atoms with van der Waals surface area (Å²) in [7, 11) is 1.49. The van der Waals surface area contributed by atoms with E-state index in [-0.39, 0.29) is 16.7 Å². The Labute approximate surface area is 108 Å². The van der Waals surface area contributed by atoms with Crippen LogP contribution in [0.2, 0.25) is 5.22 Å². The second-order valence-electron chi connectivity index (χ2n) is 3.44. The summed E-state index contributed by atoms with van der Waals surface area (Å²) in [5.41, 5.74) is 0.899. The van der Waals surface area contributed by atoms with Crippen LogP contribution in [0, 0.1) is 6.92 Å². The van der Waals surface area contributed by atoms with Crippen molar-refractivity contribution in [3.63, 3.8) is 0 Å². The number of aromatic nitrogens is 2. The van der Waals surface area contributed by atoms with Gasteiger partial charge in [-0.2, -0.15) is 4.98 Å². The number of hydrogen-bond donors (Lipinski definition) is 1. The molecule has 0 aliphatic carbocycles. The van der Waals surface area contributed by atoms with Gasteiger partial charge in [-0.25, -0.2) is 4.98 Å². The topological polar surface area (TPSA) is 77.2 Å². The van der Waals surface area contributed by atoms with E-state index in [1.807, 2.05) is 0 Å². The Balaban J connectivity index is 2.22.